The van der Waals surface area contributed by atoms with Crippen molar-refractivity contribution in [2.24, 2.45) is 5.92 Å². The van der Waals surface area contributed by atoms with Gasteiger partial charge in [0.25, 0.3) is 0 Å². The molecule has 0 aliphatic carbocycles. The van der Waals surface area contributed by atoms with Gasteiger partial charge < -0.3 is 47.9 Å². The number of likely N-dealkylation sites (tertiary alicyclic amines) is 6. The van der Waals surface area contributed by atoms with Crippen molar-refractivity contribution in [2.75, 3.05) is 110 Å². The Kier molecular flexibility index (Phi) is 23.5. The first kappa shape index (κ1) is 81.1. The van der Waals surface area contributed by atoms with Crippen LogP contribution in [0.1, 0.15) is 275 Å². The largest absolute Gasteiger partial charge is 0.354 e. The average Bonchev–Trinajstić information content (AvgIpc) is 0.803. The van der Waals surface area contributed by atoms with Crippen LogP contribution in [0, 0.1) is 5.92 Å². The average molecular weight is 1420 g/mol. The maximum atomic E-state index is 5.22. The molecule has 6 aliphatic rings. The van der Waals surface area contributed by atoms with Gasteiger partial charge >= 0.3 is 0 Å². The first-order valence-electron chi connectivity index (χ1n) is 39.3. The minimum atomic E-state index is -0.0170. The molecule has 0 bridgehead atoms. The Labute approximate surface area is 618 Å². The van der Waals surface area contributed by atoms with E-state index in [1.54, 1.807) is 0 Å². The van der Waals surface area contributed by atoms with Gasteiger partial charge in [-0.25, -0.2) is 0 Å². The van der Waals surface area contributed by atoms with E-state index in [1.807, 2.05) is 0 Å². The Morgan fingerprint density at radius 2 is 0.412 bits per heavy atom. The van der Waals surface area contributed by atoms with Gasteiger partial charge in [-0.1, -0.05) is 6.42 Å². The highest BCUT2D eigenvalue weighted by Gasteiger charge is 2.49. The molecule has 0 amide bonds. The summed E-state index contributed by atoms with van der Waals surface area (Å²) in [6, 6.07) is 1.13. The van der Waals surface area contributed by atoms with Gasteiger partial charge in [0.2, 0.25) is 53.5 Å². The van der Waals surface area contributed by atoms with Gasteiger partial charge in [-0.05, 0) is 317 Å². The number of piperidine rings is 6. The topological polar surface area (TPSA) is 244 Å². The van der Waals surface area contributed by atoms with Crippen LogP contribution in [0.3, 0.4) is 0 Å². The van der Waals surface area contributed by atoms with E-state index in [-0.39, 0.29) is 109 Å². The fourth-order valence-corrected chi connectivity index (χ4v) is 19.6. The molecule has 9 rings (SSSR count). The monoisotopic (exact) mass is 1420 g/mol. The number of nitrogens with zero attached hydrogens (tertiary/aromatic N) is 15. The predicted molar refractivity (Wildman–Crippen MR) is 427 cm³/mol. The van der Waals surface area contributed by atoms with E-state index in [0.29, 0.717) is 73.2 Å². The molecule has 0 radical (unpaired) electrons. The third kappa shape index (κ3) is 19.6. The number of hydrogen-bond donors (Lipinski definition) is 9. The van der Waals surface area contributed by atoms with Crippen molar-refractivity contribution in [1.29, 1.82) is 0 Å². The molecular formula is C78H146N24. The standard InChI is InChI=1S/C78H146N24/c1-67(2)38-52(39-68(3,4)97(67)25)82-61-88-58(89-62(94-61)83-53-40-69(5,6)98(26)70(7,8)41-53)79-36-32-31-34-51(50-81-60-92-65(86-56-46-75(17,18)101(29)76(19,20)47-56)96-66(93-60)87-57-48-77(21,22)102(30)78(23,24)49-57)35-33-37-80-59-90-63(84-54-42-71(9,10)99(27)72(11,12)43-54)95-64(91-59)85-55-44-73(13,14)100(28)74(15,16)45-55/h51-57H,31-50H2,1-30H3,(H3,79,82,83,88,89,94)(H3,80,84,85,90,91,95)(H3,81,86,87,92,93,96). The van der Waals surface area contributed by atoms with Crippen molar-refractivity contribution in [3.8, 4) is 0 Å². The van der Waals surface area contributed by atoms with Gasteiger partial charge in [-0.3, -0.25) is 29.4 Å². The molecule has 3 aromatic heterocycles. The second-order valence-electron chi connectivity index (χ2n) is 40.3. The third-order valence-electron chi connectivity index (χ3n) is 26.7. The summed E-state index contributed by atoms with van der Waals surface area (Å²) in [7, 11) is 13.5. The first-order chi connectivity index (χ1) is 46.8. The van der Waals surface area contributed by atoms with Crippen molar-refractivity contribution in [3.63, 3.8) is 0 Å². The zero-order valence-electron chi connectivity index (χ0n) is 69.9. The molecule has 0 saturated carbocycles. The molecule has 578 valence electrons. The van der Waals surface area contributed by atoms with Crippen LogP contribution in [0.4, 0.5) is 53.5 Å². The Bertz CT molecular complexity index is 3000. The highest BCUT2D eigenvalue weighted by molar-refractivity contribution is 5.47. The Balaban J connectivity index is 0.961. The molecule has 9 N–H and O–H groups in total. The minimum absolute atomic E-state index is 0.00000890. The van der Waals surface area contributed by atoms with Crippen LogP contribution in [0.25, 0.3) is 0 Å². The van der Waals surface area contributed by atoms with Crippen LogP contribution in [0.5, 0.6) is 0 Å². The van der Waals surface area contributed by atoms with Crippen LogP contribution in [0.15, 0.2) is 0 Å². The predicted octanol–water partition coefficient (Wildman–Crippen LogP) is 13.8. The van der Waals surface area contributed by atoms with Crippen LogP contribution >= 0.6 is 0 Å². The number of hydrogen-bond acceptors (Lipinski definition) is 24. The van der Waals surface area contributed by atoms with Gasteiger partial charge in [0.15, 0.2) is 0 Å². The second kappa shape index (κ2) is 29.6. The smallest absolute Gasteiger partial charge is 0.229 e. The third-order valence-corrected chi connectivity index (χ3v) is 26.7. The number of nitrogens with one attached hydrogen (secondary N) is 9. The van der Waals surface area contributed by atoms with Gasteiger partial charge in [-0.15, -0.1) is 0 Å². The number of anilines is 9. The van der Waals surface area contributed by atoms with Crippen LogP contribution < -0.4 is 47.9 Å². The highest BCUT2D eigenvalue weighted by atomic mass is 15.4. The second-order valence-corrected chi connectivity index (χ2v) is 40.3. The van der Waals surface area contributed by atoms with Gasteiger partial charge in [0.05, 0.1) is 0 Å². The molecule has 6 aliphatic heterocycles. The molecule has 102 heavy (non-hydrogen) atoms. The van der Waals surface area contributed by atoms with Crippen LogP contribution in [-0.4, -0.2) is 239 Å². The molecule has 1 unspecified atom stereocenters. The van der Waals surface area contributed by atoms with E-state index in [0.717, 1.165) is 109 Å². The van der Waals surface area contributed by atoms with E-state index < -0.39 is 0 Å². The maximum Gasteiger partial charge on any atom is 0.229 e. The van der Waals surface area contributed by atoms with E-state index >= 15 is 0 Å². The lowest BCUT2D eigenvalue weighted by Crippen LogP contribution is -2.61. The number of unbranched alkanes of at least 4 members (excludes halogenated alkanes) is 1. The Morgan fingerprint density at radius 3 is 0.618 bits per heavy atom. The lowest BCUT2D eigenvalue weighted by Gasteiger charge is -2.54. The van der Waals surface area contributed by atoms with Gasteiger partial charge in [0.1, 0.15) is 0 Å². The fourth-order valence-electron chi connectivity index (χ4n) is 19.6. The molecule has 3 aromatic rings. The molecule has 6 fully saturated rings. The molecular weight excluding hydrogens is 1270 g/mol. The SMILES string of the molecule is CN1C(C)(C)CC(Nc2nc(NCCCCC(CCCNc3nc(NC4CC(C)(C)N(C)C(C)(C)C4)nc(NC4CC(C)(C)N(C)C(C)(C)C4)n3)CNc3nc(NC4CC(C)(C)N(C)C(C)(C)C4)nc(NC4CC(C)(C)N(C)C(C)(C)C4)n3)nc(NC3CC(C)(C)N(C)C(C)(C)C3)n2)CC1(C)C. The quantitative estimate of drug-likeness (QED) is 0.0339. The summed E-state index contributed by atoms with van der Waals surface area (Å²) < 4.78 is 0. The summed E-state index contributed by atoms with van der Waals surface area (Å²) in [6.07, 6.45) is 16.4. The number of rotatable bonds is 26. The molecule has 24 heteroatoms. The molecule has 0 spiro atoms. The summed E-state index contributed by atoms with van der Waals surface area (Å²) in [6.45, 7) is 58.4. The Hall–Kier alpha value is -5.01. The van der Waals surface area contributed by atoms with Crippen molar-refractivity contribution >= 4 is 53.5 Å². The summed E-state index contributed by atoms with van der Waals surface area (Å²) in [5, 5.41) is 34.3. The summed E-state index contributed by atoms with van der Waals surface area (Å²) in [4.78, 5) is 61.5. The molecule has 0 aromatic carbocycles. The van der Waals surface area contributed by atoms with E-state index in [1.165, 1.54) is 0 Å². The fraction of sp³-hybridized carbons (Fsp3) is 0.885. The maximum absolute atomic E-state index is 5.22. The van der Waals surface area contributed by atoms with Crippen molar-refractivity contribution < 1.29 is 0 Å². The normalized spacial score (nSPS) is 25.8. The van der Waals surface area contributed by atoms with E-state index in [2.05, 4.69) is 286 Å². The number of aromatic nitrogens is 9. The summed E-state index contributed by atoms with van der Waals surface area (Å²) >= 11 is 0. The van der Waals surface area contributed by atoms with Crippen molar-refractivity contribution in [3.05, 3.63) is 0 Å². The highest BCUT2D eigenvalue weighted by Crippen LogP contribution is 2.44. The lowest BCUT2D eigenvalue weighted by molar-refractivity contribution is -0.00825. The van der Waals surface area contributed by atoms with E-state index in [9.17, 15) is 0 Å². The molecule has 6 saturated heterocycles. The summed E-state index contributed by atoms with van der Waals surface area (Å²) in [5.74, 6) is 5.69. The van der Waals surface area contributed by atoms with Crippen molar-refractivity contribution in [1.82, 2.24) is 74.3 Å². The molecule has 24 nitrogen and oxygen atoms in total. The minimum Gasteiger partial charge on any atom is -0.354 e. The Morgan fingerprint density at radius 1 is 0.245 bits per heavy atom. The van der Waals surface area contributed by atoms with E-state index in [4.69, 9.17) is 44.9 Å². The van der Waals surface area contributed by atoms with Gasteiger partial charge in [0, 0.05) is 122 Å². The molecule has 1 atom stereocenters. The van der Waals surface area contributed by atoms with Crippen LogP contribution in [0.2, 0.25) is 0 Å². The molecule has 9 heterocycles. The lowest BCUT2D eigenvalue weighted by atomic mass is 9.77. The first-order valence-corrected chi connectivity index (χ1v) is 39.3. The summed E-state index contributed by atoms with van der Waals surface area (Å²) in [5.41, 5.74) is -0.0924. The zero-order chi connectivity index (χ0) is 75.6. The van der Waals surface area contributed by atoms with Crippen LogP contribution in [-0.2, 0) is 0 Å². The zero-order valence-corrected chi connectivity index (χ0v) is 69.9. The van der Waals surface area contributed by atoms with Crippen molar-refractivity contribution in [2.45, 2.75) is 378 Å². The van der Waals surface area contributed by atoms with Gasteiger partial charge in [-0.2, -0.15) is 44.9 Å².